The molecule has 1 unspecified atom stereocenters. The molecular weight excluding hydrogens is 205 g/mol. The van der Waals surface area contributed by atoms with Gasteiger partial charge in [0.1, 0.15) is 11.6 Å². The number of ether oxygens (including phenoxy) is 1. The van der Waals surface area contributed by atoms with Crippen molar-refractivity contribution in [2.45, 2.75) is 44.8 Å². The molecular formula is C13H18FNO. The van der Waals surface area contributed by atoms with E-state index in [2.05, 4.69) is 0 Å². The van der Waals surface area contributed by atoms with Gasteiger partial charge in [0.2, 0.25) is 0 Å². The van der Waals surface area contributed by atoms with Gasteiger partial charge in [0.25, 0.3) is 0 Å². The summed E-state index contributed by atoms with van der Waals surface area (Å²) in [6, 6.07) is 4.68. The van der Waals surface area contributed by atoms with Crippen LogP contribution in [0.3, 0.4) is 0 Å². The first-order valence-corrected chi connectivity index (χ1v) is 5.88. The molecule has 0 aromatic heterocycles. The van der Waals surface area contributed by atoms with Crippen molar-refractivity contribution in [1.29, 1.82) is 0 Å². The van der Waals surface area contributed by atoms with E-state index in [1.807, 2.05) is 0 Å². The molecule has 0 saturated heterocycles. The Labute approximate surface area is 95.6 Å². The van der Waals surface area contributed by atoms with Crippen LogP contribution in [0.5, 0.6) is 5.75 Å². The molecule has 0 aliphatic heterocycles. The number of halogens is 1. The van der Waals surface area contributed by atoms with Gasteiger partial charge >= 0.3 is 0 Å². The topological polar surface area (TPSA) is 35.2 Å². The van der Waals surface area contributed by atoms with Crippen LogP contribution in [0.1, 0.15) is 44.2 Å². The van der Waals surface area contributed by atoms with Crippen LogP contribution in [0.2, 0.25) is 0 Å². The molecule has 1 aromatic rings. The van der Waals surface area contributed by atoms with Crippen molar-refractivity contribution in [3.63, 3.8) is 0 Å². The molecule has 1 aromatic carbocycles. The zero-order valence-electron chi connectivity index (χ0n) is 9.58. The van der Waals surface area contributed by atoms with E-state index in [1.54, 1.807) is 19.1 Å². The first-order valence-electron chi connectivity index (χ1n) is 5.88. The van der Waals surface area contributed by atoms with Crippen LogP contribution in [-0.4, -0.2) is 6.10 Å². The highest BCUT2D eigenvalue weighted by Gasteiger charge is 2.17. The predicted molar refractivity (Wildman–Crippen MR) is 61.9 cm³/mol. The molecule has 1 atom stereocenters. The maximum atomic E-state index is 13.6. The Morgan fingerprint density at radius 1 is 1.38 bits per heavy atom. The molecule has 0 bridgehead atoms. The molecule has 1 fully saturated rings. The summed E-state index contributed by atoms with van der Waals surface area (Å²) in [4.78, 5) is 0. The number of hydrogen-bond donors (Lipinski definition) is 1. The maximum Gasteiger partial charge on any atom is 0.131 e. The van der Waals surface area contributed by atoms with Crippen LogP contribution < -0.4 is 10.5 Å². The standard InChI is InChI=1S/C13H18FNO/c1-9(15)12-7-6-11(8-13(12)14)16-10-4-2-3-5-10/h6-10H,2-5,15H2,1H3. The van der Waals surface area contributed by atoms with Gasteiger partial charge in [-0.15, -0.1) is 0 Å². The number of benzene rings is 1. The SMILES string of the molecule is CC(N)c1ccc(OC2CCCC2)cc1F. The van der Waals surface area contributed by atoms with Crippen LogP contribution in [0, 0.1) is 5.82 Å². The van der Waals surface area contributed by atoms with Gasteiger partial charge in [-0.2, -0.15) is 0 Å². The fourth-order valence-electron chi connectivity index (χ4n) is 2.15. The van der Waals surface area contributed by atoms with Gasteiger partial charge < -0.3 is 10.5 Å². The quantitative estimate of drug-likeness (QED) is 0.854. The fourth-order valence-corrected chi connectivity index (χ4v) is 2.15. The summed E-state index contributed by atoms with van der Waals surface area (Å²) in [5.41, 5.74) is 6.19. The van der Waals surface area contributed by atoms with Crippen LogP contribution in [0.15, 0.2) is 18.2 Å². The zero-order chi connectivity index (χ0) is 11.5. The van der Waals surface area contributed by atoms with Crippen LogP contribution in [0.25, 0.3) is 0 Å². The third-order valence-corrected chi connectivity index (χ3v) is 3.07. The lowest BCUT2D eigenvalue weighted by Crippen LogP contribution is -2.12. The molecule has 2 rings (SSSR count). The van der Waals surface area contributed by atoms with E-state index < -0.39 is 0 Å². The lowest BCUT2D eigenvalue weighted by molar-refractivity contribution is 0.209. The van der Waals surface area contributed by atoms with E-state index in [1.165, 1.54) is 18.9 Å². The van der Waals surface area contributed by atoms with Gasteiger partial charge in [-0.1, -0.05) is 6.07 Å². The molecule has 3 heteroatoms. The van der Waals surface area contributed by atoms with Crippen molar-refractivity contribution >= 4 is 0 Å². The molecule has 0 amide bonds. The Kier molecular flexibility index (Phi) is 3.44. The van der Waals surface area contributed by atoms with Gasteiger partial charge in [-0.3, -0.25) is 0 Å². The van der Waals surface area contributed by atoms with Gasteiger partial charge in [-0.05, 0) is 38.7 Å². The average Bonchev–Trinajstić information content (AvgIpc) is 2.70. The number of nitrogens with two attached hydrogens (primary N) is 1. The molecule has 2 N–H and O–H groups in total. The summed E-state index contributed by atoms with van der Waals surface area (Å²) in [5, 5.41) is 0. The molecule has 0 spiro atoms. The third kappa shape index (κ3) is 2.53. The summed E-state index contributed by atoms with van der Waals surface area (Å²) < 4.78 is 19.3. The number of rotatable bonds is 3. The minimum Gasteiger partial charge on any atom is -0.490 e. The molecule has 0 radical (unpaired) electrons. The van der Waals surface area contributed by atoms with Crippen LogP contribution in [-0.2, 0) is 0 Å². The Balaban J connectivity index is 2.08. The maximum absolute atomic E-state index is 13.6. The first-order chi connectivity index (χ1) is 7.66. The van der Waals surface area contributed by atoms with Crippen molar-refractivity contribution in [1.82, 2.24) is 0 Å². The average molecular weight is 223 g/mol. The van der Waals surface area contributed by atoms with Gasteiger partial charge in [0.15, 0.2) is 0 Å². The normalized spacial score (nSPS) is 18.7. The monoisotopic (exact) mass is 223 g/mol. The van der Waals surface area contributed by atoms with E-state index in [9.17, 15) is 4.39 Å². The Morgan fingerprint density at radius 2 is 2.06 bits per heavy atom. The number of hydrogen-bond acceptors (Lipinski definition) is 2. The van der Waals surface area contributed by atoms with Crippen molar-refractivity contribution in [3.05, 3.63) is 29.6 Å². The Bertz CT molecular complexity index is 359. The minimum absolute atomic E-state index is 0.264. The Hall–Kier alpha value is -1.09. The fraction of sp³-hybridized carbons (Fsp3) is 0.538. The molecule has 16 heavy (non-hydrogen) atoms. The van der Waals surface area contributed by atoms with Gasteiger partial charge in [0, 0.05) is 17.7 Å². The smallest absolute Gasteiger partial charge is 0.131 e. The minimum atomic E-state index is -0.277. The van der Waals surface area contributed by atoms with Crippen LogP contribution in [0.4, 0.5) is 4.39 Å². The summed E-state index contributed by atoms with van der Waals surface area (Å²) in [5.74, 6) is 0.347. The molecule has 2 nitrogen and oxygen atoms in total. The van der Waals surface area contributed by atoms with Crippen molar-refractivity contribution in [3.8, 4) is 5.75 Å². The highest BCUT2D eigenvalue weighted by Crippen LogP contribution is 2.26. The second kappa shape index (κ2) is 4.83. The van der Waals surface area contributed by atoms with Crippen molar-refractivity contribution < 1.29 is 9.13 Å². The lowest BCUT2D eigenvalue weighted by atomic mass is 10.1. The summed E-state index contributed by atoms with van der Waals surface area (Å²) in [6.45, 7) is 1.77. The summed E-state index contributed by atoms with van der Waals surface area (Å²) in [7, 11) is 0. The molecule has 88 valence electrons. The molecule has 1 aliphatic carbocycles. The van der Waals surface area contributed by atoms with Crippen LogP contribution >= 0.6 is 0 Å². The highest BCUT2D eigenvalue weighted by molar-refractivity contribution is 5.30. The second-order valence-electron chi connectivity index (χ2n) is 4.50. The van der Waals surface area contributed by atoms with E-state index >= 15 is 0 Å². The Morgan fingerprint density at radius 3 is 2.62 bits per heavy atom. The van der Waals surface area contributed by atoms with Gasteiger partial charge in [-0.25, -0.2) is 4.39 Å². The van der Waals surface area contributed by atoms with E-state index in [0.29, 0.717) is 11.3 Å². The summed E-state index contributed by atoms with van der Waals surface area (Å²) in [6.07, 6.45) is 4.85. The molecule has 0 heterocycles. The van der Waals surface area contributed by atoms with E-state index in [4.69, 9.17) is 10.5 Å². The van der Waals surface area contributed by atoms with Crippen molar-refractivity contribution in [2.24, 2.45) is 5.73 Å². The second-order valence-corrected chi connectivity index (χ2v) is 4.50. The lowest BCUT2D eigenvalue weighted by Gasteiger charge is -2.14. The largest absolute Gasteiger partial charge is 0.490 e. The predicted octanol–water partition coefficient (Wildman–Crippen LogP) is 3.17. The van der Waals surface area contributed by atoms with Crippen molar-refractivity contribution in [2.75, 3.05) is 0 Å². The van der Waals surface area contributed by atoms with Gasteiger partial charge in [0.05, 0.1) is 6.10 Å². The van der Waals surface area contributed by atoms with E-state index in [-0.39, 0.29) is 18.0 Å². The molecule has 1 aliphatic rings. The highest BCUT2D eigenvalue weighted by atomic mass is 19.1. The summed E-state index contributed by atoms with van der Waals surface area (Å²) >= 11 is 0. The third-order valence-electron chi connectivity index (χ3n) is 3.07. The molecule has 1 saturated carbocycles. The zero-order valence-corrected chi connectivity index (χ0v) is 9.58. The first kappa shape index (κ1) is 11.4. The van der Waals surface area contributed by atoms with E-state index in [0.717, 1.165) is 12.8 Å².